The van der Waals surface area contributed by atoms with Gasteiger partial charge in [0.05, 0.1) is 5.41 Å². The van der Waals surface area contributed by atoms with E-state index in [2.05, 4.69) is 12.2 Å². The molecule has 2 amide bonds. The molecule has 5 heteroatoms. The molecule has 0 aliphatic heterocycles. The van der Waals surface area contributed by atoms with Gasteiger partial charge in [-0.2, -0.15) is 0 Å². The van der Waals surface area contributed by atoms with Crippen LogP contribution in [0.3, 0.4) is 0 Å². The molecule has 1 rings (SSSR count). The fraction of sp³-hybridized carbons (Fsp3) is 0.857. The van der Waals surface area contributed by atoms with E-state index in [-0.39, 0.29) is 18.6 Å². The molecule has 1 aliphatic rings. The number of aliphatic carboxylic acids is 1. The van der Waals surface area contributed by atoms with Gasteiger partial charge in [-0.15, -0.1) is 0 Å². The van der Waals surface area contributed by atoms with Crippen LogP contribution in [0.4, 0.5) is 4.79 Å². The van der Waals surface area contributed by atoms with Crippen LogP contribution in [0.25, 0.3) is 0 Å². The number of hydrogen-bond donors (Lipinski definition) is 2. The van der Waals surface area contributed by atoms with Crippen LogP contribution in [0, 0.1) is 5.41 Å². The lowest BCUT2D eigenvalue weighted by atomic mass is 9.86. The van der Waals surface area contributed by atoms with Gasteiger partial charge < -0.3 is 15.3 Å². The summed E-state index contributed by atoms with van der Waals surface area (Å²) in [5, 5.41) is 12.1. The van der Waals surface area contributed by atoms with Crippen molar-refractivity contribution < 1.29 is 14.7 Å². The molecule has 1 fully saturated rings. The molecule has 5 nitrogen and oxygen atoms in total. The van der Waals surface area contributed by atoms with E-state index < -0.39 is 11.4 Å². The summed E-state index contributed by atoms with van der Waals surface area (Å²) < 4.78 is 0. The lowest BCUT2D eigenvalue weighted by Gasteiger charge is -2.28. The first-order chi connectivity index (χ1) is 8.93. The Morgan fingerprint density at radius 3 is 2.42 bits per heavy atom. The van der Waals surface area contributed by atoms with Crippen LogP contribution in [0.2, 0.25) is 0 Å². The van der Waals surface area contributed by atoms with Crippen LogP contribution in [-0.4, -0.2) is 41.6 Å². The third kappa shape index (κ3) is 3.85. The zero-order chi connectivity index (χ0) is 14.5. The Hall–Kier alpha value is -1.26. The number of rotatable bonds is 6. The van der Waals surface area contributed by atoms with Crippen molar-refractivity contribution in [3.63, 3.8) is 0 Å². The quantitative estimate of drug-likeness (QED) is 0.779. The number of urea groups is 1. The molecule has 2 N–H and O–H groups in total. The van der Waals surface area contributed by atoms with Gasteiger partial charge >= 0.3 is 12.0 Å². The first-order valence-corrected chi connectivity index (χ1v) is 7.17. The number of carboxylic acid groups (broad SMARTS) is 1. The van der Waals surface area contributed by atoms with Gasteiger partial charge in [0.2, 0.25) is 0 Å². The summed E-state index contributed by atoms with van der Waals surface area (Å²) in [6.07, 6.45) is 5.17. The molecule has 1 saturated carbocycles. The van der Waals surface area contributed by atoms with Crippen molar-refractivity contribution in [1.82, 2.24) is 10.2 Å². The van der Waals surface area contributed by atoms with Crippen molar-refractivity contribution >= 4 is 12.0 Å². The van der Waals surface area contributed by atoms with Crippen molar-refractivity contribution in [2.24, 2.45) is 5.41 Å². The van der Waals surface area contributed by atoms with Gasteiger partial charge in [0.15, 0.2) is 0 Å². The predicted molar refractivity (Wildman–Crippen MR) is 74.1 cm³/mol. The van der Waals surface area contributed by atoms with E-state index in [9.17, 15) is 14.7 Å². The second kappa shape index (κ2) is 6.78. The van der Waals surface area contributed by atoms with Gasteiger partial charge in [0.25, 0.3) is 0 Å². The number of hydrogen-bond acceptors (Lipinski definition) is 2. The third-order valence-electron chi connectivity index (χ3n) is 4.28. The van der Waals surface area contributed by atoms with Crippen molar-refractivity contribution in [2.75, 3.05) is 13.6 Å². The van der Waals surface area contributed by atoms with Gasteiger partial charge in [-0.05, 0) is 26.2 Å². The number of amides is 2. The summed E-state index contributed by atoms with van der Waals surface area (Å²) in [6, 6.07) is 0.00262. The topological polar surface area (TPSA) is 69.6 Å². The maximum atomic E-state index is 12.0. The highest BCUT2D eigenvalue weighted by Crippen LogP contribution is 2.37. The predicted octanol–water partition coefficient (Wildman–Crippen LogP) is 2.46. The molecule has 19 heavy (non-hydrogen) atoms. The minimum atomic E-state index is -0.783. The van der Waals surface area contributed by atoms with Gasteiger partial charge in [-0.1, -0.05) is 26.2 Å². The van der Waals surface area contributed by atoms with Crippen LogP contribution in [0.15, 0.2) is 0 Å². The summed E-state index contributed by atoms with van der Waals surface area (Å²) in [7, 11) is 1.76. The Bertz CT molecular complexity index is 325. The van der Waals surface area contributed by atoms with E-state index in [4.69, 9.17) is 0 Å². The largest absolute Gasteiger partial charge is 0.481 e. The number of carbonyl (C=O) groups is 2. The number of nitrogens with one attached hydrogen (secondary N) is 1. The monoisotopic (exact) mass is 270 g/mol. The average Bonchev–Trinajstić information content (AvgIpc) is 2.85. The fourth-order valence-electron chi connectivity index (χ4n) is 2.70. The number of carbonyl (C=O) groups excluding carboxylic acids is 1. The molecule has 0 radical (unpaired) electrons. The maximum absolute atomic E-state index is 12.0. The standard InChI is InChI=1S/C14H26N2O3/c1-4-7-11(2)16(3)13(19)15-10-14(12(17)18)8-5-6-9-14/h11H,4-10H2,1-3H3,(H,15,19)(H,17,18). The summed E-state index contributed by atoms with van der Waals surface area (Å²) in [5.41, 5.74) is -0.746. The second-order valence-corrected chi connectivity index (χ2v) is 5.70. The Kier molecular flexibility index (Phi) is 5.63. The van der Waals surface area contributed by atoms with E-state index in [0.717, 1.165) is 25.7 Å². The van der Waals surface area contributed by atoms with Gasteiger partial charge in [-0.3, -0.25) is 4.79 Å². The van der Waals surface area contributed by atoms with Gasteiger partial charge in [-0.25, -0.2) is 4.79 Å². The molecule has 0 aromatic rings. The highest BCUT2D eigenvalue weighted by Gasteiger charge is 2.41. The summed E-state index contributed by atoms with van der Waals surface area (Å²) in [4.78, 5) is 25.0. The molecule has 1 aliphatic carbocycles. The molecular formula is C14H26N2O3. The van der Waals surface area contributed by atoms with E-state index >= 15 is 0 Å². The highest BCUT2D eigenvalue weighted by atomic mass is 16.4. The molecule has 0 aromatic carbocycles. The molecule has 0 saturated heterocycles. The first kappa shape index (κ1) is 15.8. The maximum Gasteiger partial charge on any atom is 0.317 e. The molecule has 0 aromatic heterocycles. The number of nitrogens with zero attached hydrogens (tertiary/aromatic N) is 1. The lowest BCUT2D eigenvalue weighted by molar-refractivity contribution is -0.148. The molecule has 0 bridgehead atoms. The number of carboxylic acids is 1. The molecular weight excluding hydrogens is 244 g/mol. The Morgan fingerprint density at radius 1 is 1.37 bits per heavy atom. The van der Waals surface area contributed by atoms with E-state index in [1.54, 1.807) is 11.9 Å². The molecule has 1 unspecified atom stereocenters. The van der Waals surface area contributed by atoms with Crippen molar-refractivity contribution in [3.8, 4) is 0 Å². The first-order valence-electron chi connectivity index (χ1n) is 7.17. The van der Waals surface area contributed by atoms with Gasteiger partial charge in [0, 0.05) is 19.6 Å². The summed E-state index contributed by atoms with van der Waals surface area (Å²) >= 11 is 0. The van der Waals surface area contributed by atoms with E-state index in [0.29, 0.717) is 12.8 Å². The molecule has 1 atom stereocenters. The Labute approximate surface area is 115 Å². The van der Waals surface area contributed by atoms with Crippen LogP contribution in [0.1, 0.15) is 52.4 Å². The average molecular weight is 270 g/mol. The SMILES string of the molecule is CCCC(C)N(C)C(=O)NCC1(C(=O)O)CCCC1. The molecule has 110 valence electrons. The minimum Gasteiger partial charge on any atom is -0.481 e. The van der Waals surface area contributed by atoms with Crippen LogP contribution in [-0.2, 0) is 4.79 Å². The summed E-state index contributed by atoms with van der Waals surface area (Å²) in [5.74, 6) is -0.783. The zero-order valence-electron chi connectivity index (χ0n) is 12.2. The van der Waals surface area contributed by atoms with E-state index in [1.165, 1.54) is 0 Å². The third-order valence-corrected chi connectivity index (χ3v) is 4.28. The van der Waals surface area contributed by atoms with Crippen molar-refractivity contribution in [3.05, 3.63) is 0 Å². The normalized spacial score (nSPS) is 18.9. The fourth-order valence-corrected chi connectivity index (χ4v) is 2.70. The van der Waals surface area contributed by atoms with E-state index in [1.807, 2.05) is 6.92 Å². The van der Waals surface area contributed by atoms with Crippen molar-refractivity contribution in [1.29, 1.82) is 0 Å². The second-order valence-electron chi connectivity index (χ2n) is 5.70. The minimum absolute atomic E-state index is 0.173. The Morgan fingerprint density at radius 2 is 1.95 bits per heavy atom. The van der Waals surface area contributed by atoms with Crippen molar-refractivity contribution in [2.45, 2.75) is 58.4 Å². The van der Waals surface area contributed by atoms with Gasteiger partial charge in [0.1, 0.15) is 0 Å². The lowest BCUT2D eigenvalue weighted by Crippen LogP contribution is -2.47. The summed E-state index contributed by atoms with van der Waals surface area (Å²) in [6.45, 7) is 4.33. The molecule has 0 spiro atoms. The zero-order valence-corrected chi connectivity index (χ0v) is 12.2. The van der Waals surface area contributed by atoms with Crippen LogP contribution < -0.4 is 5.32 Å². The Balaban J connectivity index is 2.51. The van der Waals surface area contributed by atoms with Crippen LogP contribution in [0.5, 0.6) is 0 Å². The smallest absolute Gasteiger partial charge is 0.317 e. The highest BCUT2D eigenvalue weighted by molar-refractivity contribution is 5.78. The molecule has 0 heterocycles. The van der Waals surface area contributed by atoms with Crippen LogP contribution >= 0.6 is 0 Å².